The molecule has 2 aromatic rings. The number of allylic oxidation sites excluding steroid dienone is 2. The van der Waals surface area contributed by atoms with Gasteiger partial charge in [0, 0.05) is 18.8 Å². The highest BCUT2D eigenvalue weighted by molar-refractivity contribution is 8.11. The van der Waals surface area contributed by atoms with Crippen LogP contribution < -0.4 is 0 Å². The summed E-state index contributed by atoms with van der Waals surface area (Å²) >= 11 is 0. The van der Waals surface area contributed by atoms with Crippen LogP contribution in [0.2, 0.25) is 0 Å². The number of piperidine rings is 1. The van der Waals surface area contributed by atoms with Gasteiger partial charge in [-0.3, -0.25) is 4.31 Å². The molecule has 1 nitrogen and oxygen atoms in total. The molecule has 0 spiro atoms. The Hall–Kier alpha value is -1.71. The molecule has 1 fully saturated rings. The molecule has 1 saturated heterocycles. The topological polar surface area (TPSA) is 3.24 Å². The molecule has 0 bridgehead atoms. The Morgan fingerprint density at radius 3 is 2.50 bits per heavy atom. The zero-order chi connectivity index (χ0) is 18.5. The third kappa shape index (κ3) is 4.52. The Kier molecular flexibility index (Phi) is 6.44. The summed E-state index contributed by atoms with van der Waals surface area (Å²) in [5.41, 5.74) is 4.96. The largest absolute Gasteiger partial charge is 0.256 e. The fourth-order valence-electron chi connectivity index (χ4n) is 3.85. The maximum Gasteiger partial charge on any atom is 0.123 e. The van der Waals surface area contributed by atoms with Gasteiger partial charge in [0.15, 0.2) is 0 Å². The quantitative estimate of drug-likeness (QED) is 0.579. The van der Waals surface area contributed by atoms with E-state index in [4.69, 9.17) is 0 Å². The second-order valence-corrected chi connectivity index (χ2v) is 8.73. The van der Waals surface area contributed by atoms with Gasteiger partial charge in [-0.25, -0.2) is 4.39 Å². The van der Waals surface area contributed by atoms with Crippen molar-refractivity contribution in [2.75, 3.05) is 13.1 Å². The lowest BCUT2D eigenvalue weighted by Crippen LogP contribution is -2.30. The zero-order valence-corrected chi connectivity index (χ0v) is 16.6. The summed E-state index contributed by atoms with van der Waals surface area (Å²) in [4.78, 5) is 0. The Morgan fingerprint density at radius 2 is 1.88 bits per heavy atom. The van der Waals surface area contributed by atoms with E-state index in [1.165, 1.54) is 16.7 Å². The Balaban J connectivity index is 1.63. The van der Waals surface area contributed by atoms with Gasteiger partial charge in [0.05, 0.1) is 0 Å². The standard InChI is InChI=1S/C23H28FNS/c1-4-22(23-11-10-21(24)16-18(23)2)20-12-14-25(15-13-20)26(3)17-19-8-6-5-7-9-19/h4-11,16,20H,3,12-15,17H2,1-2H3/b22-4-. The van der Waals surface area contributed by atoms with Gasteiger partial charge in [0.25, 0.3) is 0 Å². The number of aryl methyl sites for hydroxylation is 1. The van der Waals surface area contributed by atoms with E-state index in [-0.39, 0.29) is 16.5 Å². The number of hydrogen-bond donors (Lipinski definition) is 0. The van der Waals surface area contributed by atoms with E-state index in [1.54, 1.807) is 12.1 Å². The van der Waals surface area contributed by atoms with Gasteiger partial charge >= 0.3 is 0 Å². The van der Waals surface area contributed by atoms with E-state index in [2.05, 4.69) is 53.5 Å². The monoisotopic (exact) mass is 369 g/mol. The van der Waals surface area contributed by atoms with E-state index < -0.39 is 0 Å². The Labute approximate surface area is 159 Å². The Morgan fingerprint density at radius 1 is 1.19 bits per heavy atom. The van der Waals surface area contributed by atoms with Gasteiger partial charge in [-0.05, 0) is 67.0 Å². The van der Waals surface area contributed by atoms with Crippen LogP contribution in [0.15, 0.2) is 54.6 Å². The molecule has 0 radical (unpaired) electrons. The number of benzene rings is 2. The maximum atomic E-state index is 13.4. The van der Waals surface area contributed by atoms with E-state index in [1.807, 2.05) is 13.0 Å². The summed E-state index contributed by atoms with van der Waals surface area (Å²) in [5.74, 6) is 5.85. The van der Waals surface area contributed by atoms with Crippen molar-refractivity contribution >= 4 is 22.1 Å². The second kappa shape index (κ2) is 8.79. The summed E-state index contributed by atoms with van der Waals surface area (Å²) in [6.07, 6.45) is 4.50. The van der Waals surface area contributed by atoms with Crippen molar-refractivity contribution in [2.45, 2.75) is 32.4 Å². The lowest BCUT2D eigenvalue weighted by molar-refractivity contribution is 0.335. The van der Waals surface area contributed by atoms with Gasteiger partial charge in [0.2, 0.25) is 0 Å². The van der Waals surface area contributed by atoms with Crippen LogP contribution in [0.5, 0.6) is 0 Å². The first kappa shape index (κ1) is 19.1. The fourth-order valence-corrected chi connectivity index (χ4v) is 5.33. The third-order valence-electron chi connectivity index (χ3n) is 5.25. The molecule has 1 aliphatic heterocycles. The normalized spacial score (nSPS) is 18.0. The number of halogens is 1. The van der Waals surface area contributed by atoms with Gasteiger partial charge in [-0.15, -0.1) is 10.7 Å². The van der Waals surface area contributed by atoms with Crippen LogP contribution in [0.25, 0.3) is 5.57 Å². The lowest BCUT2D eigenvalue weighted by Gasteiger charge is -2.35. The van der Waals surface area contributed by atoms with Crippen LogP contribution in [-0.2, 0) is 5.75 Å². The third-order valence-corrected chi connectivity index (χ3v) is 7.01. The van der Waals surface area contributed by atoms with Gasteiger partial charge in [-0.2, -0.15) is 0 Å². The molecular formula is C23H28FNS. The molecule has 0 N–H and O–H groups in total. The first-order chi connectivity index (χ1) is 12.6. The summed E-state index contributed by atoms with van der Waals surface area (Å²) in [5, 5.41) is 0. The SMILES string of the molecule is C=S(Cc1ccccc1)N1CCC(/C(=C/C)c2ccc(F)cc2C)CC1. The molecule has 3 rings (SSSR count). The van der Waals surface area contributed by atoms with Crippen LogP contribution >= 0.6 is 10.7 Å². The summed E-state index contributed by atoms with van der Waals surface area (Å²) in [7, 11) is 0.0248. The van der Waals surface area contributed by atoms with Crippen molar-refractivity contribution in [1.29, 1.82) is 0 Å². The van der Waals surface area contributed by atoms with E-state index in [9.17, 15) is 4.39 Å². The number of hydrogen-bond acceptors (Lipinski definition) is 1. The Bertz CT molecular complexity index is 789. The fraction of sp³-hybridized carbons (Fsp3) is 0.348. The van der Waals surface area contributed by atoms with Crippen molar-refractivity contribution in [3.63, 3.8) is 0 Å². The molecule has 26 heavy (non-hydrogen) atoms. The highest BCUT2D eigenvalue weighted by Gasteiger charge is 2.24. The van der Waals surface area contributed by atoms with Gasteiger partial charge < -0.3 is 0 Å². The molecule has 0 aromatic heterocycles. The molecule has 1 aliphatic rings. The summed E-state index contributed by atoms with van der Waals surface area (Å²) < 4.78 is 16.0. The van der Waals surface area contributed by atoms with Crippen molar-refractivity contribution in [2.24, 2.45) is 5.92 Å². The molecule has 138 valence electrons. The molecule has 0 saturated carbocycles. The predicted molar refractivity (Wildman–Crippen MR) is 114 cm³/mol. The average Bonchev–Trinajstić information content (AvgIpc) is 2.65. The summed E-state index contributed by atoms with van der Waals surface area (Å²) in [6.45, 7) is 6.28. The van der Waals surface area contributed by atoms with Crippen LogP contribution in [0.3, 0.4) is 0 Å². The minimum absolute atomic E-state index is 0.0248. The molecule has 1 atom stereocenters. The predicted octanol–water partition coefficient (Wildman–Crippen LogP) is 6.07. The van der Waals surface area contributed by atoms with Crippen LogP contribution in [0.1, 0.15) is 36.5 Å². The van der Waals surface area contributed by atoms with Crippen molar-refractivity contribution in [3.8, 4) is 0 Å². The molecule has 3 heteroatoms. The molecule has 1 heterocycles. The van der Waals surface area contributed by atoms with Crippen molar-refractivity contribution < 1.29 is 4.39 Å². The van der Waals surface area contributed by atoms with Crippen LogP contribution in [0, 0.1) is 18.7 Å². The lowest BCUT2D eigenvalue weighted by atomic mass is 9.84. The van der Waals surface area contributed by atoms with Gasteiger partial charge in [-0.1, -0.05) is 48.3 Å². The number of rotatable bonds is 5. The zero-order valence-electron chi connectivity index (χ0n) is 15.7. The average molecular weight is 370 g/mol. The van der Waals surface area contributed by atoms with Crippen LogP contribution in [0.4, 0.5) is 4.39 Å². The molecule has 0 aliphatic carbocycles. The van der Waals surface area contributed by atoms with Crippen LogP contribution in [-0.4, -0.2) is 23.3 Å². The summed E-state index contributed by atoms with van der Waals surface area (Å²) in [6, 6.07) is 15.8. The van der Waals surface area contributed by atoms with E-state index in [0.717, 1.165) is 37.2 Å². The molecule has 0 amide bonds. The van der Waals surface area contributed by atoms with Crippen molar-refractivity contribution in [3.05, 3.63) is 77.1 Å². The van der Waals surface area contributed by atoms with Crippen molar-refractivity contribution in [1.82, 2.24) is 4.31 Å². The molecule has 1 unspecified atom stereocenters. The highest BCUT2D eigenvalue weighted by atomic mass is 32.2. The number of nitrogens with zero attached hydrogens (tertiary/aromatic N) is 1. The minimum Gasteiger partial charge on any atom is -0.256 e. The first-order valence-electron chi connectivity index (χ1n) is 9.30. The smallest absolute Gasteiger partial charge is 0.123 e. The second-order valence-electron chi connectivity index (χ2n) is 7.00. The van der Waals surface area contributed by atoms with E-state index >= 15 is 0 Å². The molecule has 2 aromatic carbocycles. The first-order valence-corrected chi connectivity index (χ1v) is 10.8. The maximum absolute atomic E-state index is 13.4. The highest BCUT2D eigenvalue weighted by Crippen LogP contribution is 2.36. The molecular weight excluding hydrogens is 341 g/mol. The van der Waals surface area contributed by atoms with Gasteiger partial charge in [0.1, 0.15) is 5.82 Å². The minimum atomic E-state index is -0.154. The van der Waals surface area contributed by atoms with E-state index in [0.29, 0.717) is 5.92 Å².